The fourth-order valence-electron chi connectivity index (χ4n) is 2.48. The molecule has 1 saturated carbocycles. The van der Waals surface area contributed by atoms with Gasteiger partial charge in [0.15, 0.2) is 0 Å². The minimum atomic E-state index is 0.281. The van der Waals surface area contributed by atoms with Crippen molar-refractivity contribution in [2.75, 3.05) is 13.2 Å². The number of ether oxygens (including phenoxy) is 1. The van der Waals surface area contributed by atoms with Crippen LogP contribution in [0.4, 0.5) is 0 Å². The lowest BCUT2D eigenvalue weighted by atomic mass is 10.0. The molecule has 0 unspecified atom stereocenters. The molecule has 1 aromatic carbocycles. The van der Waals surface area contributed by atoms with Crippen molar-refractivity contribution in [2.24, 2.45) is 0 Å². The minimum absolute atomic E-state index is 0.281. The first kappa shape index (κ1) is 13.1. The maximum atomic E-state index is 12.0. The van der Waals surface area contributed by atoms with Gasteiger partial charge in [-0.2, -0.15) is 0 Å². The van der Waals surface area contributed by atoms with Gasteiger partial charge in [-0.15, -0.1) is 0 Å². The summed E-state index contributed by atoms with van der Waals surface area (Å²) >= 11 is 3.51. The second kappa shape index (κ2) is 5.63. The lowest BCUT2D eigenvalue weighted by molar-refractivity contribution is -0.118. The average Bonchev–Trinajstić information content (AvgIpc) is 3.05. The summed E-state index contributed by atoms with van der Waals surface area (Å²) in [6, 6.07) is 4.77. The SMILES string of the molecule is O=C(CCNC1CC1)Cc1cc(Br)cc2c1OCC2. The first-order valence-corrected chi connectivity index (χ1v) is 7.71. The maximum absolute atomic E-state index is 12.0. The number of benzene rings is 1. The monoisotopic (exact) mass is 323 g/mol. The van der Waals surface area contributed by atoms with Gasteiger partial charge >= 0.3 is 0 Å². The second-order valence-corrected chi connectivity index (χ2v) is 6.26. The Morgan fingerprint density at radius 1 is 1.42 bits per heavy atom. The van der Waals surface area contributed by atoms with E-state index in [9.17, 15) is 4.79 Å². The van der Waals surface area contributed by atoms with Gasteiger partial charge in [-0.05, 0) is 30.5 Å². The summed E-state index contributed by atoms with van der Waals surface area (Å²) in [5.74, 6) is 1.22. The summed E-state index contributed by atoms with van der Waals surface area (Å²) in [6.45, 7) is 1.54. The maximum Gasteiger partial charge on any atom is 0.138 e. The summed E-state index contributed by atoms with van der Waals surface area (Å²) in [6.07, 6.45) is 4.56. The molecule has 0 radical (unpaired) electrons. The summed E-state index contributed by atoms with van der Waals surface area (Å²) in [5, 5.41) is 3.38. The molecule has 3 rings (SSSR count). The van der Waals surface area contributed by atoms with E-state index < -0.39 is 0 Å². The van der Waals surface area contributed by atoms with Gasteiger partial charge in [0, 0.05) is 41.9 Å². The van der Waals surface area contributed by atoms with Crippen molar-refractivity contribution in [2.45, 2.75) is 38.1 Å². The van der Waals surface area contributed by atoms with E-state index in [1.165, 1.54) is 18.4 Å². The number of fused-ring (bicyclic) bond motifs is 1. The number of carbonyl (C=O) groups is 1. The Hall–Kier alpha value is -0.870. The molecule has 1 heterocycles. The van der Waals surface area contributed by atoms with Crippen molar-refractivity contribution in [3.05, 3.63) is 27.7 Å². The second-order valence-electron chi connectivity index (χ2n) is 5.35. The lowest BCUT2D eigenvalue weighted by Crippen LogP contribution is -2.20. The third-order valence-corrected chi connectivity index (χ3v) is 4.08. The number of nitrogens with one attached hydrogen (secondary N) is 1. The highest BCUT2D eigenvalue weighted by Gasteiger charge is 2.21. The summed E-state index contributed by atoms with van der Waals surface area (Å²) in [5.41, 5.74) is 2.24. The topological polar surface area (TPSA) is 38.3 Å². The molecule has 0 aromatic heterocycles. The van der Waals surface area contributed by atoms with Gasteiger partial charge in [0.2, 0.25) is 0 Å². The molecule has 0 amide bonds. The van der Waals surface area contributed by atoms with Crippen LogP contribution in [0.2, 0.25) is 0 Å². The van der Waals surface area contributed by atoms with Crippen molar-refractivity contribution >= 4 is 21.7 Å². The summed E-state index contributed by atoms with van der Waals surface area (Å²) in [4.78, 5) is 12.0. The van der Waals surface area contributed by atoms with Crippen LogP contribution in [0.1, 0.15) is 30.4 Å². The van der Waals surface area contributed by atoms with Gasteiger partial charge in [0.05, 0.1) is 6.61 Å². The van der Waals surface area contributed by atoms with Crippen LogP contribution in [-0.4, -0.2) is 25.0 Å². The molecule has 3 nitrogen and oxygen atoms in total. The molecule has 1 N–H and O–H groups in total. The van der Waals surface area contributed by atoms with Crippen LogP contribution in [0.3, 0.4) is 0 Å². The van der Waals surface area contributed by atoms with Gasteiger partial charge in [-0.1, -0.05) is 15.9 Å². The van der Waals surface area contributed by atoms with E-state index in [2.05, 4.69) is 27.3 Å². The summed E-state index contributed by atoms with van der Waals surface area (Å²) < 4.78 is 6.69. The zero-order valence-electron chi connectivity index (χ0n) is 10.9. The molecule has 1 fully saturated rings. The number of ketones is 1. The Morgan fingerprint density at radius 2 is 2.26 bits per heavy atom. The van der Waals surface area contributed by atoms with Crippen LogP contribution in [0.5, 0.6) is 5.75 Å². The number of carbonyl (C=O) groups excluding carboxylic acids is 1. The van der Waals surface area contributed by atoms with E-state index in [1.807, 2.05) is 6.07 Å². The van der Waals surface area contributed by atoms with Gasteiger partial charge in [-0.25, -0.2) is 0 Å². The Balaban J connectivity index is 1.60. The molecule has 2 aliphatic rings. The van der Waals surface area contributed by atoms with Crippen LogP contribution in [-0.2, 0) is 17.6 Å². The van der Waals surface area contributed by atoms with Crippen LogP contribution in [0.15, 0.2) is 16.6 Å². The number of halogens is 1. The van der Waals surface area contributed by atoms with E-state index in [4.69, 9.17) is 4.74 Å². The molecule has 0 bridgehead atoms. The van der Waals surface area contributed by atoms with Crippen molar-refractivity contribution in [1.82, 2.24) is 5.32 Å². The molecule has 0 saturated heterocycles. The third-order valence-electron chi connectivity index (χ3n) is 3.63. The number of hydrogen-bond acceptors (Lipinski definition) is 3. The average molecular weight is 324 g/mol. The smallest absolute Gasteiger partial charge is 0.138 e. The first-order valence-electron chi connectivity index (χ1n) is 6.91. The Kier molecular flexibility index (Phi) is 3.89. The number of rotatable bonds is 6. The first-order chi connectivity index (χ1) is 9.22. The van der Waals surface area contributed by atoms with E-state index >= 15 is 0 Å². The molecule has 102 valence electrons. The van der Waals surface area contributed by atoms with Gasteiger partial charge in [-0.3, -0.25) is 4.79 Å². The van der Waals surface area contributed by atoms with Gasteiger partial charge in [0.25, 0.3) is 0 Å². The quantitative estimate of drug-likeness (QED) is 0.874. The number of Topliss-reactive ketones (excluding diaryl/α,β-unsaturated/α-hetero) is 1. The van der Waals surface area contributed by atoms with Gasteiger partial charge in [0.1, 0.15) is 11.5 Å². The zero-order valence-corrected chi connectivity index (χ0v) is 12.5. The minimum Gasteiger partial charge on any atom is -0.493 e. The highest BCUT2D eigenvalue weighted by atomic mass is 79.9. The lowest BCUT2D eigenvalue weighted by Gasteiger charge is -2.09. The third kappa shape index (κ3) is 3.37. The number of hydrogen-bond donors (Lipinski definition) is 1. The van der Waals surface area contributed by atoms with Crippen molar-refractivity contribution in [1.29, 1.82) is 0 Å². The van der Waals surface area contributed by atoms with Crippen LogP contribution < -0.4 is 10.1 Å². The van der Waals surface area contributed by atoms with Crippen molar-refractivity contribution < 1.29 is 9.53 Å². The van der Waals surface area contributed by atoms with Crippen molar-refractivity contribution in [3.63, 3.8) is 0 Å². The fourth-order valence-corrected chi connectivity index (χ4v) is 3.03. The molecular weight excluding hydrogens is 306 g/mol. The fraction of sp³-hybridized carbons (Fsp3) is 0.533. The predicted octanol–water partition coefficient (Wildman–Crippen LogP) is 2.64. The Morgan fingerprint density at radius 3 is 3.05 bits per heavy atom. The molecule has 1 aliphatic heterocycles. The molecule has 1 aliphatic carbocycles. The molecule has 19 heavy (non-hydrogen) atoms. The molecule has 4 heteroatoms. The normalized spacial score (nSPS) is 17.1. The van der Waals surface area contributed by atoms with Crippen LogP contribution >= 0.6 is 15.9 Å². The van der Waals surface area contributed by atoms with E-state index in [1.54, 1.807) is 0 Å². The molecule has 0 spiro atoms. The standard InChI is InChI=1S/C15H18BrNO2/c16-12-7-10-4-6-19-15(10)11(8-12)9-14(18)3-5-17-13-1-2-13/h7-8,13,17H,1-6,9H2. The predicted molar refractivity (Wildman–Crippen MR) is 77.7 cm³/mol. The zero-order chi connectivity index (χ0) is 13.2. The highest BCUT2D eigenvalue weighted by molar-refractivity contribution is 9.10. The van der Waals surface area contributed by atoms with E-state index in [-0.39, 0.29) is 5.78 Å². The van der Waals surface area contributed by atoms with Crippen LogP contribution in [0.25, 0.3) is 0 Å². The summed E-state index contributed by atoms with van der Waals surface area (Å²) in [7, 11) is 0. The van der Waals surface area contributed by atoms with E-state index in [0.717, 1.165) is 35.4 Å². The van der Waals surface area contributed by atoms with E-state index in [0.29, 0.717) is 18.9 Å². The Bertz CT molecular complexity index is 497. The molecule has 0 atom stereocenters. The Labute approximate surface area is 121 Å². The molecular formula is C15H18BrNO2. The van der Waals surface area contributed by atoms with Crippen molar-refractivity contribution in [3.8, 4) is 5.75 Å². The largest absolute Gasteiger partial charge is 0.493 e. The molecule has 1 aromatic rings. The highest BCUT2D eigenvalue weighted by Crippen LogP contribution is 2.33. The van der Waals surface area contributed by atoms with Crippen LogP contribution in [0, 0.1) is 0 Å². The van der Waals surface area contributed by atoms with Gasteiger partial charge < -0.3 is 10.1 Å².